The summed E-state index contributed by atoms with van der Waals surface area (Å²) in [6.07, 6.45) is 1.06. The molecule has 0 aliphatic carbocycles. The minimum atomic E-state index is 0.262. The van der Waals surface area contributed by atoms with E-state index in [2.05, 4.69) is 60.6 Å². The molecule has 0 aliphatic rings. The first-order chi connectivity index (χ1) is 9.97. The van der Waals surface area contributed by atoms with Crippen LogP contribution in [0.4, 0.5) is 0 Å². The van der Waals surface area contributed by atoms with Crippen molar-refractivity contribution in [1.29, 1.82) is 0 Å². The van der Waals surface area contributed by atoms with Crippen LogP contribution in [-0.4, -0.2) is 44.6 Å². The van der Waals surface area contributed by atoms with E-state index in [0.29, 0.717) is 6.04 Å². The molecule has 118 valence electrons. The Morgan fingerprint density at radius 1 is 1.29 bits per heavy atom. The molecule has 1 aromatic carbocycles. The molecule has 2 N–H and O–H groups in total. The van der Waals surface area contributed by atoms with E-state index in [1.54, 1.807) is 7.05 Å². The topological polar surface area (TPSA) is 39.7 Å². The number of nitrogens with zero attached hydrogens (tertiary/aromatic N) is 2. The van der Waals surface area contributed by atoms with E-state index in [1.165, 1.54) is 5.56 Å². The first-order valence-corrected chi connectivity index (χ1v) is 7.74. The summed E-state index contributed by atoms with van der Waals surface area (Å²) in [6, 6.07) is 8.67. The quantitative estimate of drug-likeness (QED) is 0.627. The van der Waals surface area contributed by atoms with Crippen LogP contribution >= 0.6 is 11.6 Å². The van der Waals surface area contributed by atoms with E-state index < -0.39 is 0 Å². The lowest BCUT2D eigenvalue weighted by atomic mass is 10.1. The second kappa shape index (κ2) is 8.90. The Morgan fingerprint density at radius 2 is 1.90 bits per heavy atom. The summed E-state index contributed by atoms with van der Waals surface area (Å²) in [7, 11) is 5.95. The normalized spacial score (nSPS) is 14.9. The second-order valence-electron chi connectivity index (χ2n) is 5.44. The zero-order valence-electron chi connectivity index (χ0n) is 13.7. The maximum atomic E-state index is 5.96. The molecule has 0 spiro atoms. The van der Waals surface area contributed by atoms with Gasteiger partial charge in [-0.05, 0) is 45.1 Å². The van der Waals surface area contributed by atoms with Gasteiger partial charge in [0.2, 0.25) is 0 Å². The molecule has 1 aromatic rings. The van der Waals surface area contributed by atoms with E-state index in [9.17, 15) is 0 Å². The summed E-state index contributed by atoms with van der Waals surface area (Å²) in [5, 5.41) is 7.53. The van der Waals surface area contributed by atoms with Crippen LogP contribution in [0.2, 0.25) is 5.02 Å². The third-order valence-corrected chi connectivity index (χ3v) is 3.81. The van der Waals surface area contributed by atoms with Crippen LogP contribution in [0, 0.1) is 0 Å². The van der Waals surface area contributed by atoms with E-state index in [4.69, 9.17) is 11.6 Å². The van der Waals surface area contributed by atoms with Crippen molar-refractivity contribution in [3.63, 3.8) is 0 Å². The number of hydrogen-bond acceptors (Lipinski definition) is 2. The van der Waals surface area contributed by atoms with Crippen LogP contribution in [0.15, 0.2) is 29.3 Å². The highest BCUT2D eigenvalue weighted by atomic mass is 35.5. The number of benzene rings is 1. The van der Waals surface area contributed by atoms with Gasteiger partial charge in [0.25, 0.3) is 0 Å². The van der Waals surface area contributed by atoms with Gasteiger partial charge in [-0.3, -0.25) is 4.99 Å². The van der Waals surface area contributed by atoms with Crippen molar-refractivity contribution in [3.8, 4) is 0 Å². The minimum Gasteiger partial charge on any atom is -0.354 e. The van der Waals surface area contributed by atoms with Crippen molar-refractivity contribution in [2.45, 2.75) is 32.4 Å². The number of hydrogen-bond donors (Lipinski definition) is 2. The second-order valence-corrected chi connectivity index (χ2v) is 5.87. The highest BCUT2D eigenvalue weighted by molar-refractivity contribution is 6.30. The summed E-state index contributed by atoms with van der Waals surface area (Å²) >= 11 is 5.96. The van der Waals surface area contributed by atoms with Crippen LogP contribution in [0.5, 0.6) is 0 Å². The molecule has 0 amide bonds. The lowest BCUT2D eigenvalue weighted by Crippen LogP contribution is -2.44. The zero-order valence-corrected chi connectivity index (χ0v) is 14.4. The Bertz CT molecular complexity index is 442. The Labute approximate surface area is 133 Å². The fraction of sp³-hybridized carbons (Fsp3) is 0.562. The van der Waals surface area contributed by atoms with Crippen molar-refractivity contribution in [1.82, 2.24) is 15.5 Å². The summed E-state index contributed by atoms with van der Waals surface area (Å²) < 4.78 is 0. The molecule has 4 nitrogen and oxygen atoms in total. The van der Waals surface area contributed by atoms with Gasteiger partial charge in [0.15, 0.2) is 5.96 Å². The van der Waals surface area contributed by atoms with E-state index in [0.717, 1.165) is 23.9 Å². The molecule has 1 rings (SSSR count). The highest BCUT2D eigenvalue weighted by Gasteiger charge is 2.15. The fourth-order valence-corrected chi connectivity index (χ4v) is 2.13. The van der Waals surface area contributed by atoms with Gasteiger partial charge < -0.3 is 15.5 Å². The third-order valence-electron chi connectivity index (χ3n) is 3.56. The minimum absolute atomic E-state index is 0.262. The SMILES string of the molecule is CCC(C)NC(=NC)NCC(c1ccc(Cl)cc1)N(C)C. The molecule has 0 heterocycles. The van der Waals surface area contributed by atoms with Gasteiger partial charge in [-0.2, -0.15) is 0 Å². The summed E-state index contributed by atoms with van der Waals surface area (Å²) in [6.45, 7) is 5.08. The lowest BCUT2D eigenvalue weighted by molar-refractivity contribution is 0.298. The summed E-state index contributed by atoms with van der Waals surface area (Å²) in [4.78, 5) is 6.46. The summed E-state index contributed by atoms with van der Waals surface area (Å²) in [5.41, 5.74) is 1.23. The molecule has 21 heavy (non-hydrogen) atoms. The molecular weight excluding hydrogens is 284 g/mol. The molecule has 0 saturated carbocycles. The smallest absolute Gasteiger partial charge is 0.191 e. The van der Waals surface area contributed by atoms with Crippen molar-refractivity contribution in [2.75, 3.05) is 27.7 Å². The Balaban J connectivity index is 2.69. The van der Waals surface area contributed by atoms with Gasteiger partial charge in [-0.25, -0.2) is 0 Å². The summed E-state index contributed by atoms with van der Waals surface area (Å²) in [5.74, 6) is 0.838. The lowest BCUT2D eigenvalue weighted by Gasteiger charge is -2.26. The maximum absolute atomic E-state index is 5.96. The molecule has 0 bridgehead atoms. The van der Waals surface area contributed by atoms with E-state index in [-0.39, 0.29) is 6.04 Å². The number of rotatable bonds is 6. The van der Waals surface area contributed by atoms with Crippen LogP contribution in [0.3, 0.4) is 0 Å². The molecular formula is C16H27ClN4. The van der Waals surface area contributed by atoms with Gasteiger partial charge in [0.05, 0.1) is 6.04 Å². The molecule has 2 unspecified atom stereocenters. The van der Waals surface area contributed by atoms with Crippen LogP contribution in [0.1, 0.15) is 31.9 Å². The van der Waals surface area contributed by atoms with Gasteiger partial charge in [0, 0.05) is 24.7 Å². The van der Waals surface area contributed by atoms with Crippen molar-refractivity contribution >= 4 is 17.6 Å². The molecule has 0 fully saturated rings. The van der Waals surface area contributed by atoms with Crippen molar-refractivity contribution in [2.24, 2.45) is 4.99 Å². The largest absolute Gasteiger partial charge is 0.354 e. The molecule has 2 atom stereocenters. The van der Waals surface area contributed by atoms with Crippen molar-refractivity contribution in [3.05, 3.63) is 34.9 Å². The van der Waals surface area contributed by atoms with Crippen LogP contribution in [-0.2, 0) is 0 Å². The van der Waals surface area contributed by atoms with E-state index in [1.807, 2.05) is 12.1 Å². The number of likely N-dealkylation sites (N-methyl/N-ethyl adjacent to an activating group) is 1. The molecule has 5 heteroatoms. The van der Waals surface area contributed by atoms with Gasteiger partial charge in [-0.1, -0.05) is 30.7 Å². The van der Waals surface area contributed by atoms with Gasteiger partial charge in [-0.15, -0.1) is 0 Å². The molecule has 0 aromatic heterocycles. The first kappa shape index (κ1) is 17.8. The average molecular weight is 311 g/mol. The molecule has 0 saturated heterocycles. The zero-order chi connectivity index (χ0) is 15.8. The molecule has 0 radical (unpaired) electrons. The Hall–Kier alpha value is -1.26. The number of guanidine groups is 1. The number of aliphatic imine (C=N–C) groups is 1. The number of halogens is 1. The Kier molecular flexibility index (Phi) is 7.54. The predicted molar refractivity (Wildman–Crippen MR) is 92.1 cm³/mol. The highest BCUT2D eigenvalue weighted by Crippen LogP contribution is 2.19. The van der Waals surface area contributed by atoms with E-state index >= 15 is 0 Å². The predicted octanol–water partition coefficient (Wildman–Crippen LogP) is 2.91. The van der Waals surface area contributed by atoms with Gasteiger partial charge >= 0.3 is 0 Å². The maximum Gasteiger partial charge on any atom is 0.191 e. The first-order valence-electron chi connectivity index (χ1n) is 7.37. The average Bonchev–Trinajstić information content (AvgIpc) is 2.47. The fourth-order valence-electron chi connectivity index (χ4n) is 2.01. The van der Waals surface area contributed by atoms with Crippen molar-refractivity contribution < 1.29 is 0 Å². The van der Waals surface area contributed by atoms with Crippen LogP contribution < -0.4 is 10.6 Å². The molecule has 0 aliphatic heterocycles. The third kappa shape index (κ3) is 5.94. The van der Waals surface area contributed by atoms with Crippen LogP contribution in [0.25, 0.3) is 0 Å². The van der Waals surface area contributed by atoms with Gasteiger partial charge in [0.1, 0.15) is 0 Å². The standard InChI is InChI=1S/C16H27ClN4/c1-6-12(2)20-16(18-3)19-11-15(21(4)5)13-7-9-14(17)10-8-13/h7-10,12,15H,6,11H2,1-5H3,(H2,18,19,20). The number of nitrogens with one attached hydrogen (secondary N) is 2. The Morgan fingerprint density at radius 3 is 2.38 bits per heavy atom. The monoisotopic (exact) mass is 310 g/mol.